The quantitative estimate of drug-likeness (QED) is 0.826. The maximum atomic E-state index is 5.74. The molecule has 2 aromatic heterocycles. The van der Waals surface area contributed by atoms with Gasteiger partial charge in [-0.15, -0.1) is 0 Å². The van der Waals surface area contributed by atoms with E-state index in [1.165, 1.54) is 6.26 Å². The van der Waals surface area contributed by atoms with Gasteiger partial charge in [0.2, 0.25) is 5.22 Å². The van der Waals surface area contributed by atoms with Gasteiger partial charge in [0, 0.05) is 0 Å². The second-order valence-corrected chi connectivity index (χ2v) is 3.20. The van der Waals surface area contributed by atoms with Crippen molar-refractivity contribution in [2.24, 2.45) is 5.73 Å². The van der Waals surface area contributed by atoms with Gasteiger partial charge >= 0.3 is 0 Å². The highest BCUT2D eigenvalue weighted by Crippen LogP contribution is 2.27. The van der Waals surface area contributed by atoms with Crippen molar-refractivity contribution in [2.45, 2.75) is 13.0 Å². The van der Waals surface area contributed by atoms with Gasteiger partial charge in [-0.3, -0.25) is 0 Å². The normalized spacial score (nSPS) is 13.1. The summed E-state index contributed by atoms with van der Waals surface area (Å²) in [5.41, 5.74) is 6.15. The fraction of sp³-hybridized carbons (Fsp3) is 0.250. The largest absolute Gasteiger partial charge is 0.452 e. The molecule has 0 bridgehead atoms. The first-order valence-electron chi connectivity index (χ1n) is 4.01. The smallest absolute Gasteiger partial charge is 0.262 e. The summed E-state index contributed by atoms with van der Waals surface area (Å²) in [6, 6.07) is 1.39. The number of hydrogen-bond donors (Lipinski definition) is 1. The lowest BCUT2D eigenvalue weighted by Crippen LogP contribution is -2.06. The first-order chi connectivity index (χ1) is 6.68. The van der Waals surface area contributed by atoms with Crippen molar-refractivity contribution >= 4 is 11.6 Å². The molecule has 6 heteroatoms. The second kappa shape index (κ2) is 3.43. The Labute approximate surface area is 84.8 Å². The highest BCUT2D eigenvalue weighted by atomic mass is 35.5. The molecular formula is C8H8ClN3O2. The minimum Gasteiger partial charge on any atom is -0.452 e. The monoisotopic (exact) mass is 213 g/mol. The Morgan fingerprint density at radius 3 is 2.86 bits per heavy atom. The minimum atomic E-state index is -0.266. The van der Waals surface area contributed by atoms with E-state index in [-0.39, 0.29) is 11.3 Å². The number of halogens is 1. The summed E-state index contributed by atoms with van der Waals surface area (Å²) in [7, 11) is 0. The maximum Gasteiger partial charge on any atom is 0.262 e. The van der Waals surface area contributed by atoms with Crippen molar-refractivity contribution in [1.29, 1.82) is 0 Å². The number of nitrogens with zero attached hydrogens (tertiary/aromatic N) is 2. The van der Waals surface area contributed by atoms with Crippen molar-refractivity contribution in [3.63, 3.8) is 0 Å². The van der Waals surface area contributed by atoms with Gasteiger partial charge < -0.3 is 14.7 Å². The molecule has 0 amide bonds. The molecule has 2 rings (SSSR count). The van der Waals surface area contributed by atoms with E-state index in [0.717, 1.165) is 0 Å². The van der Waals surface area contributed by atoms with Crippen molar-refractivity contribution < 1.29 is 8.94 Å². The lowest BCUT2D eigenvalue weighted by molar-refractivity contribution is 0.417. The summed E-state index contributed by atoms with van der Waals surface area (Å²) in [6.45, 7) is 1.77. The summed E-state index contributed by atoms with van der Waals surface area (Å²) in [6.07, 6.45) is 1.45. The number of aromatic nitrogens is 2. The van der Waals surface area contributed by atoms with E-state index in [2.05, 4.69) is 10.1 Å². The summed E-state index contributed by atoms with van der Waals surface area (Å²) < 4.78 is 9.86. The first kappa shape index (κ1) is 9.23. The molecule has 14 heavy (non-hydrogen) atoms. The highest BCUT2D eigenvalue weighted by Gasteiger charge is 2.15. The van der Waals surface area contributed by atoms with E-state index in [9.17, 15) is 0 Å². The SMILES string of the molecule is CC(N)c1noc(-c2ccoc2Cl)n1. The van der Waals surface area contributed by atoms with Gasteiger partial charge in [0.05, 0.1) is 17.9 Å². The molecule has 0 aliphatic rings. The van der Waals surface area contributed by atoms with Crippen molar-refractivity contribution in [3.05, 3.63) is 23.4 Å². The molecule has 0 saturated carbocycles. The second-order valence-electron chi connectivity index (χ2n) is 2.85. The average Bonchev–Trinajstić information content (AvgIpc) is 2.71. The van der Waals surface area contributed by atoms with Crippen LogP contribution in [-0.4, -0.2) is 10.1 Å². The van der Waals surface area contributed by atoms with E-state index in [1.54, 1.807) is 13.0 Å². The lowest BCUT2D eigenvalue weighted by Gasteiger charge is -1.92. The summed E-state index contributed by atoms with van der Waals surface area (Å²) in [5.74, 6) is 0.758. The molecule has 0 radical (unpaired) electrons. The van der Waals surface area contributed by atoms with Gasteiger partial charge in [0.1, 0.15) is 0 Å². The van der Waals surface area contributed by atoms with Crippen LogP contribution >= 0.6 is 11.6 Å². The van der Waals surface area contributed by atoms with Crippen molar-refractivity contribution in [3.8, 4) is 11.5 Å². The third-order valence-electron chi connectivity index (χ3n) is 1.70. The van der Waals surface area contributed by atoms with Crippen LogP contribution in [0, 0.1) is 0 Å². The molecule has 0 spiro atoms. The lowest BCUT2D eigenvalue weighted by atomic mass is 10.3. The van der Waals surface area contributed by atoms with Gasteiger partial charge in [-0.2, -0.15) is 4.98 Å². The van der Waals surface area contributed by atoms with Crippen LogP contribution in [0.15, 0.2) is 21.3 Å². The van der Waals surface area contributed by atoms with E-state index >= 15 is 0 Å². The Kier molecular flexibility index (Phi) is 2.26. The number of hydrogen-bond acceptors (Lipinski definition) is 5. The van der Waals surface area contributed by atoms with Gasteiger partial charge in [-0.05, 0) is 24.6 Å². The van der Waals surface area contributed by atoms with Gasteiger partial charge in [0.15, 0.2) is 5.82 Å². The average molecular weight is 214 g/mol. The Morgan fingerprint density at radius 1 is 1.57 bits per heavy atom. The highest BCUT2D eigenvalue weighted by molar-refractivity contribution is 6.31. The number of nitrogens with two attached hydrogens (primary N) is 1. The minimum absolute atomic E-state index is 0.227. The molecule has 0 aromatic carbocycles. The molecule has 2 N–H and O–H groups in total. The molecule has 5 nitrogen and oxygen atoms in total. The zero-order chi connectivity index (χ0) is 10.1. The Hall–Kier alpha value is -1.33. The standard InChI is InChI=1S/C8H8ClN3O2/c1-4(10)7-11-8(14-12-7)5-2-3-13-6(5)9/h2-4H,10H2,1H3. The first-order valence-corrected chi connectivity index (χ1v) is 4.39. The third kappa shape index (κ3) is 1.51. The van der Waals surface area contributed by atoms with Crippen molar-refractivity contribution in [2.75, 3.05) is 0 Å². The predicted octanol–water partition coefficient (Wildman–Crippen LogP) is 2.00. The Morgan fingerprint density at radius 2 is 2.36 bits per heavy atom. The molecule has 2 heterocycles. The summed E-state index contributed by atoms with van der Waals surface area (Å²) in [5, 5.41) is 3.93. The topological polar surface area (TPSA) is 78.1 Å². The van der Waals surface area contributed by atoms with Crippen LogP contribution in [0.4, 0.5) is 0 Å². The van der Waals surface area contributed by atoms with Gasteiger partial charge in [-0.25, -0.2) is 0 Å². The maximum absolute atomic E-state index is 5.74. The van der Waals surface area contributed by atoms with Crippen LogP contribution < -0.4 is 5.73 Å². The van der Waals surface area contributed by atoms with Crippen LogP contribution in [0.1, 0.15) is 18.8 Å². The van der Waals surface area contributed by atoms with E-state index in [0.29, 0.717) is 17.3 Å². The third-order valence-corrected chi connectivity index (χ3v) is 1.99. The van der Waals surface area contributed by atoms with E-state index in [4.69, 9.17) is 26.3 Å². The molecule has 0 aliphatic carbocycles. The summed E-state index contributed by atoms with van der Waals surface area (Å²) >= 11 is 5.74. The number of furan rings is 1. The van der Waals surface area contributed by atoms with Crippen LogP contribution in [0.5, 0.6) is 0 Å². The Balaban J connectivity index is 2.39. The zero-order valence-electron chi connectivity index (χ0n) is 7.40. The molecule has 74 valence electrons. The van der Waals surface area contributed by atoms with Gasteiger partial charge in [-0.1, -0.05) is 5.16 Å². The van der Waals surface area contributed by atoms with Crippen LogP contribution in [0.2, 0.25) is 5.22 Å². The number of rotatable bonds is 2. The Bertz CT molecular complexity index is 435. The molecule has 0 aliphatic heterocycles. The predicted molar refractivity (Wildman–Crippen MR) is 49.6 cm³/mol. The fourth-order valence-electron chi connectivity index (χ4n) is 0.975. The molecular weight excluding hydrogens is 206 g/mol. The van der Waals surface area contributed by atoms with Crippen molar-refractivity contribution in [1.82, 2.24) is 10.1 Å². The van der Waals surface area contributed by atoms with Crippen LogP contribution in [0.25, 0.3) is 11.5 Å². The molecule has 1 atom stereocenters. The molecule has 1 unspecified atom stereocenters. The fourth-order valence-corrected chi connectivity index (χ4v) is 1.17. The van der Waals surface area contributed by atoms with Crippen LogP contribution in [-0.2, 0) is 0 Å². The van der Waals surface area contributed by atoms with E-state index < -0.39 is 0 Å². The van der Waals surface area contributed by atoms with Crippen LogP contribution in [0.3, 0.4) is 0 Å². The van der Waals surface area contributed by atoms with E-state index in [1.807, 2.05) is 0 Å². The van der Waals surface area contributed by atoms with Gasteiger partial charge in [0.25, 0.3) is 5.89 Å². The zero-order valence-corrected chi connectivity index (χ0v) is 8.15. The molecule has 2 aromatic rings. The molecule has 0 saturated heterocycles. The summed E-state index contributed by atoms with van der Waals surface area (Å²) in [4.78, 5) is 4.07. The molecule has 0 fully saturated rings.